The second-order valence-corrected chi connectivity index (χ2v) is 9.55. The molecule has 0 aliphatic rings. The maximum absolute atomic E-state index is 12.9. The van der Waals surface area contributed by atoms with Gasteiger partial charge in [-0.1, -0.05) is 54.6 Å². The maximum atomic E-state index is 12.9. The molecule has 1 heterocycles. The van der Waals surface area contributed by atoms with Gasteiger partial charge in [0.1, 0.15) is 5.60 Å². The van der Waals surface area contributed by atoms with E-state index in [2.05, 4.69) is 47.8 Å². The van der Waals surface area contributed by atoms with Gasteiger partial charge < -0.3 is 19.5 Å². The van der Waals surface area contributed by atoms with Crippen molar-refractivity contribution in [3.63, 3.8) is 0 Å². The van der Waals surface area contributed by atoms with Crippen LogP contribution in [0, 0.1) is 0 Å². The highest BCUT2D eigenvalue weighted by Gasteiger charge is 2.25. The van der Waals surface area contributed by atoms with E-state index in [9.17, 15) is 9.59 Å². The molecule has 2 amide bonds. The van der Waals surface area contributed by atoms with Gasteiger partial charge in [-0.3, -0.25) is 4.79 Å². The number of carbonyl (C=O) groups excluding carboxylic acids is 2. The van der Waals surface area contributed by atoms with Crippen LogP contribution >= 0.6 is 0 Å². The zero-order chi connectivity index (χ0) is 24.6. The number of ether oxygens (including phenoxy) is 1. The summed E-state index contributed by atoms with van der Waals surface area (Å²) in [5.41, 5.74) is 3.85. The Kier molecular flexibility index (Phi) is 6.09. The molecule has 0 fully saturated rings. The minimum Gasteiger partial charge on any atom is -0.444 e. The molecule has 0 unspecified atom stereocenters. The zero-order valence-electron chi connectivity index (χ0n) is 20.6. The molecule has 4 aromatic rings. The average Bonchev–Trinajstić information content (AvgIpc) is 3.08. The molecule has 1 aromatic heterocycles. The number of hydrogen-bond donors (Lipinski definition) is 1. The van der Waals surface area contributed by atoms with Crippen LogP contribution in [0.25, 0.3) is 32.8 Å². The van der Waals surface area contributed by atoms with Gasteiger partial charge in [-0.2, -0.15) is 0 Å². The highest BCUT2D eigenvalue weighted by Crippen LogP contribution is 2.34. The third-order valence-electron chi connectivity index (χ3n) is 5.97. The van der Waals surface area contributed by atoms with E-state index >= 15 is 0 Å². The van der Waals surface area contributed by atoms with Gasteiger partial charge in [-0.15, -0.1) is 0 Å². The Labute approximate surface area is 200 Å². The van der Waals surface area contributed by atoms with Gasteiger partial charge in [0.25, 0.3) is 5.91 Å². The Balaban J connectivity index is 1.83. The number of aryl methyl sites for hydroxylation is 1. The van der Waals surface area contributed by atoms with E-state index in [0.29, 0.717) is 5.56 Å². The van der Waals surface area contributed by atoms with Crippen LogP contribution in [0.1, 0.15) is 36.8 Å². The van der Waals surface area contributed by atoms with Crippen LogP contribution in [0.4, 0.5) is 4.79 Å². The van der Waals surface area contributed by atoms with Crippen molar-refractivity contribution < 1.29 is 14.3 Å². The molecule has 4 rings (SSSR count). The van der Waals surface area contributed by atoms with E-state index in [1.165, 1.54) is 15.7 Å². The molecular formula is C28H31N3O3. The molecule has 0 radical (unpaired) electrons. The Morgan fingerprint density at radius 3 is 2.41 bits per heavy atom. The van der Waals surface area contributed by atoms with Crippen molar-refractivity contribution in [2.75, 3.05) is 14.1 Å². The van der Waals surface area contributed by atoms with Crippen LogP contribution in [0.3, 0.4) is 0 Å². The van der Waals surface area contributed by atoms with E-state index in [-0.39, 0.29) is 12.5 Å². The summed E-state index contributed by atoms with van der Waals surface area (Å²) in [5.74, 6) is -0.184. The van der Waals surface area contributed by atoms with E-state index in [1.54, 1.807) is 14.1 Å². The van der Waals surface area contributed by atoms with Crippen molar-refractivity contribution in [3.05, 3.63) is 71.9 Å². The van der Waals surface area contributed by atoms with E-state index in [1.807, 2.05) is 50.6 Å². The fourth-order valence-electron chi connectivity index (χ4n) is 4.33. The molecule has 6 nitrogen and oxygen atoms in total. The van der Waals surface area contributed by atoms with Gasteiger partial charge in [0.05, 0.1) is 17.8 Å². The number of benzene rings is 3. The minimum absolute atomic E-state index is 0.184. The van der Waals surface area contributed by atoms with Crippen molar-refractivity contribution in [2.45, 2.75) is 32.9 Å². The number of carbonyl (C=O) groups is 2. The Bertz CT molecular complexity index is 1390. The van der Waals surface area contributed by atoms with E-state index < -0.39 is 11.7 Å². The molecule has 0 aliphatic carbocycles. The molecule has 6 heteroatoms. The molecule has 176 valence electrons. The molecule has 0 aliphatic heterocycles. The summed E-state index contributed by atoms with van der Waals surface area (Å²) in [5, 5.41) is 5.95. The topological polar surface area (TPSA) is 63.6 Å². The lowest BCUT2D eigenvalue weighted by molar-refractivity contribution is 0.0281. The standard InChI is InChI=1S/C28H31N3O3/c1-28(2,3)34-27(33)30(5)17-24-25(26(32)29-4)22-15-14-19(16-23(22)31(24)6)21-13-9-11-18-10-7-8-12-20(18)21/h7-16H,17H2,1-6H3,(H,29,32). The van der Waals surface area contributed by atoms with Gasteiger partial charge in [-0.05, 0) is 48.7 Å². The first-order chi connectivity index (χ1) is 16.1. The van der Waals surface area contributed by atoms with E-state index in [4.69, 9.17) is 4.74 Å². The van der Waals surface area contributed by atoms with Crippen molar-refractivity contribution in [1.29, 1.82) is 0 Å². The van der Waals surface area contributed by atoms with Crippen LogP contribution in [0.5, 0.6) is 0 Å². The Morgan fingerprint density at radius 1 is 1.00 bits per heavy atom. The highest BCUT2D eigenvalue weighted by molar-refractivity contribution is 6.09. The molecule has 0 saturated heterocycles. The Hall–Kier alpha value is -3.80. The quantitative estimate of drug-likeness (QED) is 0.426. The number of nitrogens with one attached hydrogen (secondary N) is 1. The third-order valence-corrected chi connectivity index (χ3v) is 5.97. The number of fused-ring (bicyclic) bond motifs is 2. The van der Waals surface area contributed by atoms with Gasteiger partial charge >= 0.3 is 6.09 Å². The lowest BCUT2D eigenvalue weighted by Crippen LogP contribution is -2.34. The maximum Gasteiger partial charge on any atom is 0.410 e. The predicted molar refractivity (Wildman–Crippen MR) is 137 cm³/mol. The fourth-order valence-corrected chi connectivity index (χ4v) is 4.33. The van der Waals surface area contributed by atoms with Crippen LogP contribution < -0.4 is 5.32 Å². The molecule has 3 aromatic carbocycles. The van der Waals surface area contributed by atoms with Crippen LogP contribution in [0.2, 0.25) is 0 Å². The summed E-state index contributed by atoms with van der Waals surface area (Å²) in [6.07, 6.45) is -0.433. The second-order valence-electron chi connectivity index (χ2n) is 9.55. The second kappa shape index (κ2) is 8.86. The van der Waals surface area contributed by atoms with Crippen molar-refractivity contribution in [3.8, 4) is 11.1 Å². The summed E-state index contributed by atoms with van der Waals surface area (Å²) in [6, 6.07) is 20.7. The van der Waals surface area contributed by atoms with Crippen LogP contribution in [-0.4, -0.2) is 41.2 Å². The minimum atomic E-state index is -0.596. The first kappa shape index (κ1) is 23.4. The summed E-state index contributed by atoms with van der Waals surface area (Å²) >= 11 is 0. The molecule has 0 bridgehead atoms. The molecule has 1 N–H and O–H groups in total. The van der Waals surface area contributed by atoms with Crippen molar-refractivity contribution in [2.24, 2.45) is 7.05 Å². The van der Waals surface area contributed by atoms with Gasteiger partial charge in [-0.25, -0.2) is 4.79 Å². The normalized spacial score (nSPS) is 11.6. The summed E-state index contributed by atoms with van der Waals surface area (Å²) < 4.78 is 7.50. The van der Waals surface area contributed by atoms with E-state index in [0.717, 1.165) is 27.7 Å². The lowest BCUT2D eigenvalue weighted by Gasteiger charge is -2.25. The van der Waals surface area contributed by atoms with Gasteiger partial charge in [0.15, 0.2) is 0 Å². The van der Waals surface area contributed by atoms with Crippen molar-refractivity contribution >= 4 is 33.7 Å². The predicted octanol–water partition coefficient (Wildman–Crippen LogP) is 5.73. The smallest absolute Gasteiger partial charge is 0.410 e. The fraction of sp³-hybridized carbons (Fsp3) is 0.286. The van der Waals surface area contributed by atoms with Crippen LogP contribution in [0.15, 0.2) is 60.7 Å². The van der Waals surface area contributed by atoms with Crippen molar-refractivity contribution in [1.82, 2.24) is 14.8 Å². The molecule has 0 spiro atoms. The number of nitrogens with zero attached hydrogens (tertiary/aromatic N) is 2. The Morgan fingerprint density at radius 2 is 1.71 bits per heavy atom. The largest absolute Gasteiger partial charge is 0.444 e. The van der Waals surface area contributed by atoms with Gasteiger partial charge in [0, 0.05) is 32.0 Å². The highest BCUT2D eigenvalue weighted by atomic mass is 16.6. The monoisotopic (exact) mass is 457 g/mol. The summed E-state index contributed by atoms with van der Waals surface area (Å²) in [7, 11) is 5.23. The summed E-state index contributed by atoms with van der Waals surface area (Å²) in [4.78, 5) is 27.0. The number of rotatable bonds is 4. The SMILES string of the molecule is CNC(=O)c1c(CN(C)C(=O)OC(C)(C)C)n(C)c2cc(-c3cccc4ccccc34)ccc12. The number of amides is 2. The first-order valence-electron chi connectivity index (χ1n) is 11.4. The average molecular weight is 458 g/mol. The molecule has 34 heavy (non-hydrogen) atoms. The zero-order valence-corrected chi connectivity index (χ0v) is 20.6. The van der Waals surface area contributed by atoms with Gasteiger partial charge in [0.2, 0.25) is 0 Å². The number of hydrogen-bond acceptors (Lipinski definition) is 3. The lowest BCUT2D eigenvalue weighted by atomic mass is 9.97. The molecule has 0 atom stereocenters. The molecular weight excluding hydrogens is 426 g/mol. The molecule has 0 saturated carbocycles. The summed E-state index contributed by atoms with van der Waals surface area (Å²) in [6.45, 7) is 5.74. The third kappa shape index (κ3) is 4.36. The van der Waals surface area contributed by atoms with Crippen LogP contribution in [-0.2, 0) is 18.3 Å². The first-order valence-corrected chi connectivity index (χ1v) is 11.4. The number of aromatic nitrogens is 1.